The summed E-state index contributed by atoms with van der Waals surface area (Å²) in [5, 5.41) is -0.609. The summed E-state index contributed by atoms with van der Waals surface area (Å²) in [5.74, 6) is -0.0176. The zero-order chi connectivity index (χ0) is 16.9. The van der Waals surface area contributed by atoms with Gasteiger partial charge in [-0.3, -0.25) is 4.79 Å². The van der Waals surface area contributed by atoms with Gasteiger partial charge in [-0.1, -0.05) is 12.1 Å². The fraction of sp³-hybridized carbons (Fsp3) is 0.533. The second-order valence-electron chi connectivity index (χ2n) is 5.25. The number of carbonyl (C=O) groups excluding carboxylic acids is 1. The zero-order valence-corrected chi connectivity index (χ0v) is 14.8. The average Bonchev–Trinajstić information content (AvgIpc) is 2.43. The van der Waals surface area contributed by atoms with E-state index in [2.05, 4.69) is 0 Å². The standard InChI is InChI=1S/C15H22ClNO4S/c1-5-22(19,20)21-14-8-6-7-13(9-14)10-17(11(2)3)15(18)12(4)16/h6-9,11-12H,5,10H2,1-4H3/t12-/m1/s1. The predicted molar refractivity (Wildman–Crippen MR) is 87.5 cm³/mol. The molecule has 0 saturated heterocycles. The van der Waals surface area contributed by atoms with Crippen molar-refractivity contribution in [1.82, 2.24) is 4.90 Å². The second kappa shape index (κ2) is 7.83. The van der Waals surface area contributed by atoms with Gasteiger partial charge in [0.1, 0.15) is 11.1 Å². The highest BCUT2D eigenvalue weighted by Gasteiger charge is 2.21. The Morgan fingerprint density at radius 2 is 1.95 bits per heavy atom. The Bertz CT molecular complexity index is 614. The minimum atomic E-state index is -3.57. The lowest BCUT2D eigenvalue weighted by atomic mass is 10.1. The first kappa shape index (κ1) is 18.8. The van der Waals surface area contributed by atoms with Gasteiger partial charge in [0.25, 0.3) is 0 Å². The van der Waals surface area contributed by atoms with E-state index >= 15 is 0 Å². The van der Waals surface area contributed by atoms with Gasteiger partial charge in [0.15, 0.2) is 0 Å². The molecule has 22 heavy (non-hydrogen) atoms. The first-order valence-corrected chi connectivity index (χ1v) is 9.13. The Morgan fingerprint density at radius 1 is 1.32 bits per heavy atom. The van der Waals surface area contributed by atoms with E-state index in [1.54, 1.807) is 30.0 Å². The maximum absolute atomic E-state index is 12.1. The molecular weight excluding hydrogens is 326 g/mol. The first-order chi connectivity index (χ1) is 10.2. The van der Waals surface area contributed by atoms with Crippen molar-refractivity contribution in [3.63, 3.8) is 0 Å². The number of rotatable bonds is 7. The van der Waals surface area contributed by atoms with Crippen LogP contribution in [0.25, 0.3) is 0 Å². The molecule has 1 amide bonds. The van der Waals surface area contributed by atoms with Crippen molar-refractivity contribution in [1.29, 1.82) is 0 Å². The van der Waals surface area contributed by atoms with E-state index < -0.39 is 15.5 Å². The van der Waals surface area contributed by atoms with Crippen LogP contribution in [0.1, 0.15) is 33.3 Å². The Morgan fingerprint density at radius 3 is 2.45 bits per heavy atom. The molecule has 0 N–H and O–H groups in total. The zero-order valence-electron chi connectivity index (χ0n) is 13.2. The molecule has 0 aliphatic carbocycles. The molecule has 0 aliphatic rings. The van der Waals surface area contributed by atoms with Gasteiger partial charge in [-0.15, -0.1) is 11.6 Å². The van der Waals surface area contributed by atoms with E-state index in [4.69, 9.17) is 15.8 Å². The fourth-order valence-corrected chi connectivity index (χ4v) is 2.48. The highest BCUT2D eigenvalue weighted by molar-refractivity contribution is 7.87. The molecule has 1 aromatic rings. The third-order valence-electron chi connectivity index (χ3n) is 3.07. The summed E-state index contributed by atoms with van der Waals surface area (Å²) in [6.45, 7) is 7.29. The number of hydrogen-bond donors (Lipinski definition) is 0. The van der Waals surface area contributed by atoms with Gasteiger partial charge >= 0.3 is 10.1 Å². The number of nitrogens with zero attached hydrogens (tertiary/aromatic N) is 1. The molecule has 7 heteroatoms. The van der Waals surface area contributed by atoms with Crippen LogP contribution >= 0.6 is 11.6 Å². The monoisotopic (exact) mass is 347 g/mol. The summed E-state index contributed by atoms with van der Waals surface area (Å²) >= 11 is 5.88. The highest BCUT2D eigenvalue weighted by Crippen LogP contribution is 2.19. The van der Waals surface area contributed by atoms with Crippen molar-refractivity contribution in [3.8, 4) is 5.75 Å². The molecule has 0 spiro atoms. The summed E-state index contributed by atoms with van der Waals surface area (Å²) in [4.78, 5) is 13.8. The lowest BCUT2D eigenvalue weighted by molar-refractivity contribution is -0.132. The van der Waals surface area contributed by atoms with Gasteiger partial charge in [0.2, 0.25) is 5.91 Å². The van der Waals surface area contributed by atoms with Gasteiger partial charge in [-0.05, 0) is 45.4 Å². The Kier molecular flexibility index (Phi) is 6.68. The van der Waals surface area contributed by atoms with Crippen LogP contribution in [0.15, 0.2) is 24.3 Å². The minimum absolute atomic E-state index is 0.0161. The molecule has 5 nitrogen and oxygen atoms in total. The van der Waals surface area contributed by atoms with Gasteiger partial charge in [-0.2, -0.15) is 8.42 Å². The Hall–Kier alpha value is -1.27. The molecule has 124 valence electrons. The molecule has 0 bridgehead atoms. The number of hydrogen-bond acceptors (Lipinski definition) is 4. The molecule has 0 unspecified atom stereocenters. The first-order valence-electron chi connectivity index (χ1n) is 7.12. The summed E-state index contributed by atoms with van der Waals surface area (Å²) in [6.07, 6.45) is 0. The molecule has 0 aliphatic heterocycles. The number of benzene rings is 1. The van der Waals surface area contributed by atoms with Gasteiger partial charge < -0.3 is 9.08 Å². The third kappa shape index (κ3) is 5.50. The average molecular weight is 348 g/mol. The number of halogens is 1. The number of amides is 1. The van der Waals surface area contributed by atoms with Crippen LogP contribution < -0.4 is 4.18 Å². The fourth-order valence-electron chi connectivity index (χ4n) is 1.84. The quantitative estimate of drug-likeness (QED) is 0.562. The van der Waals surface area contributed by atoms with Crippen LogP contribution in [-0.2, 0) is 21.5 Å². The maximum atomic E-state index is 12.1. The van der Waals surface area contributed by atoms with Gasteiger partial charge in [-0.25, -0.2) is 0 Å². The van der Waals surface area contributed by atoms with Gasteiger partial charge in [0.05, 0.1) is 5.75 Å². The van der Waals surface area contributed by atoms with Crippen molar-refractivity contribution < 1.29 is 17.4 Å². The van der Waals surface area contributed by atoms with Crippen molar-refractivity contribution in [2.45, 2.75) is 45.7 Å². The van der Waals surface area contributed by atoms with Crippen LogP contribution in [0.2, 0.25) is 0 Å². The summed E-state index contributed by atoms with van der Waals surface area (Å²) in [6, 6.07) is 6.69. The molecule has 1 atom stereocenters. The lowest BCUT2D eigenvalue weighted by Gasteiger charge is -2.28. The van der Waals surface area contributed by atoms with Gasteiger partial charge in [0, 0.05) is 12.6 Å². The van der Waals surface area contributed by atoms with E-state index in [9.17, 15) is 13.2 Å². The van der Waals surface area contributed by atoms with E-state index in [1.807, 2.05) is 19.9 Å². The molecule has 0 heterocycles. The normalized spacial score (nSPS) is 13.0. The molecule has 0 saturated carbocycles. The number of carbonyl (C=O) groups is 1. The molecule has 0 radical (unpaired) electrons. The highest BCUT2D eigenvalue weighted by atomic mass is 35.5. The SMILES string of the molecule is CCS(=O)(=O)Oc1cccc(CN(C(=O)[C@@H](C)Cl)C(C)C)c1. The van der Waals surface area contributed by atoms with E-state index in [0.717, 1.165) is 5.56 Å². The predicted octanol–water partition coefficient (Wildman–Crippen LogP) is 2.78. The molecule has 1 aromatic carbocycles. The third-order valence-corrected chi connectivity index (χ3v) is 4.41. The maximum Gasteiger partial charge on any atom is 0.308 e. The van der Waals surface area contributed by atoms with Crippen LogP contribution in [0.5, 0.6) is 5.75 Å². The van der Waals surface area contributed by atoms with Crippen molar-refractivity contribution in [3.05, 3.63) is 29.8 Å². The summed E-state index contributed by atoms with van der Waals surface area (Å²) in [7, 11) is -3.57. The van der Waals surface area contributed by atoms with Crippen molar-refractivity contribution in [2.24, 2.45) is 0 Å². The van der Waals surface area contributed by atoms with Crippen LogP contribution in [-0.4, -0.2) is 36.4 Å². The summed E-state index contributed by atoms with van der Waals surface area (Å²) < 4.78 is 28.0. The van der Waals surface area contributed by atoms with Crippen LogP contribution in [0, 0.1) is 0 Å². The minimum Gasteiger partial charge on any atom is -0.382 e. The topological polar surface area (TPSA) is 63.7 Å². The van der Waals surface area contributed by atoms with Crippen molar-refractivity contribution >= 4 is 27.6 Å². The smallest absolute Gasteiger partial charge is 0.308 e. The van der Waals surface area contributed by atoms with E-state index in [0.29, 0.717) is 6.54 Å². The molecule has 0 fully saturated rings. The largest absolute Gasteiger partial charge is 0.382 e. The van der Waals surface area contributed by atoms with Crippen molar-refractivity contribution in [2.75, 3.05) is 5.75 Å². The van der Waals surface area contributed by atoms with Crippen LogP contribution in [0.4, 0.5) is 0 Å². The second-order valence-corrected chi connectivity index (χ2v) is 7.77. The van der Waals surface area contributed by atoms with Crippen LogP contribution in [0.3, 0.4) is 0 Å². The Labute approximate surface area is 137 Å². The molecule has 1 rings (SSSR count). The van der Waals surface area contributed by atoms with E-state index in [-0.39, 0.29) is 23.5 Å². The lowest BCUT2D eigenvalue weighted by Crippen LogP contribution is -2.40. The molecule has 0 aromatic heterocycles. The summed E-state index contributed by atoms with van der Waals surface area (Å²) in [5.41, 5.74) is 0.781. The van der Waals surface area contributed by atoms with E-state index in [1.165, 1.54) is 6.92 Å². The molecular formula is C15H22ClNO4S. The number of alkyl halides is 1. The Balaban J connectivity index is 2.95.